The van der Waals surface area contributed by atoms with E-state index < -0.39 is 0 Å². The van der Waals surface area contributed by atoms with Crippen molar-refractivity contribution in [1.82, 2.24) is 9.78 Å². The molecule has 1 N–H and O–H groups in total. The Bertz CT molecular complexity index is 882. The molecule has 0 saturated heterocycles. The molecule has 26 heavy (non-hydrogen) atoms. The summed E-state index contributed by atoms with van der Waals surface area (Å²) in [4.78, 5) is 12.4. The number of carbonyl (C=O) groups is 1. The van der Waals surface area contributed by atoms with E-state index in [2.05, 4.69) is 10.4 Å². The summed E-state index contributed by atoms with van der Waals surface area (Å²) in [5, 5.41) is 7.30. The first-order valence-electron chi connectivity index (χ1n) is 8.51. The molecule has 3 rings (SSSR count). The Balaban J connectivity index is 1.56. The van der Waals surface area contributed by atoms with Crippen LogP contribution >= 0.6 is 0 Å². The maximum Gasteiger partial charge on any atom is 0.228 e. The highest BCUT2D eigenvalue weighted by atomic mass is 16.5. The number of hydrogen-bond acceptors (Lipinski definition) is 4. The molecular formula is C20H23N3O3. The minimum atomic E-state index is -0.0575. The van der Waals surface area contributed by atoms with E-state index in [1.54, 1.807) is 10.9 Å². The SMILES string of the molecule is Cc1nn(C)c(C)c1CC(=O)Nc1cccc(COCc2ccco2)c1. The number of amides is 1. The zero-order valence-electron chi connectivity index (χ0n) is 15.3. The van der Waals surface area contributed by atoms with Crippen LogP contribution in [-0.4, -0.2) is 15.7 Å². The van der Waals surface area contributed by atoms with E-state index in [1.807, 2.05) is 57.3 Å². The molecule has 0 spiro atoms. The highest BCUT2D eigenvalue weighted by Gasteiger charge is 2.13. The lowest BCUT2D eigenvalue weighted by Gasteiger charge is -2.08. The fourth-order valence-electron chi connectivity index (χ4n) is 2.84. The molecule has 6 heteroatoms. The number of anilines is 1. The molecule has 6 nitrogen and oxygen atoms in total. The molecule has 0 fully saturated rings. The van der Waals surface area contributed by atoms with Crippen molar-refractivity contribution in [3.8, 4) is 0 Å². The van der Waals surface area contributed by atoms with Crippen molar-refractivity contribution in [3.63, 3.8) is 0 Å². The van der Waals surface area contributed by atoms with Gasteiger partial charge in [-0.3, -0.25) is 9.48 Å². The predicted octanol–water partition coefficient (Wildman–Crippen LogP) is 3.53. The van der Waals surface area contributed by atoms with Crippen LogP contribution in [0.5, 0.6) is 0 Å². The van der Waals surface area contributed by atoms with Crippen LogP contribution in [-0.2, 0) is 36.2 Å². The second-order valence-corrected chi connectivity index (χ2v) is 6.27. The number of carbonyl (C=O) groups excluding carboxylic acids is 1. The lowest BCUT2D eigenvalue weighted by molar-refractivity contribution is -0.115. The average Bonchev–Trinajstić information content (AvgIpc) is 3.20. The quantitative estimate of drug-likeness (QED) is 0.705. The summed E-state index contributed by atoms with van der Waals surface area (Å²) in [5.41, 5.74) is 4.62. The molecule has 0 aliphatic heterocycles. The molecule has 2 aromatic heterocycles. The van der Waals surface area contributed by atoms with Crippen LogP contribution in [0.4, 0.5) is 5.69 Å². The van der Waals surface area contributed by atoms with Crippen LogP contribution in [0.25, 0.3) is 0 Å². The van der Waals surface area contributed by atoms with Crippen LogP contribution in [0, 0.1) is 13.8 Å². The molecule has 1 amide bonds. The van der Waals surface area contributed by atoms with Gasteiger partial charge in [-0.05, 0) is 43.7 Å². The third-order valence-electron chi connectivity index (χ3n) is 4.30. The maximum atomic E-state index is 12.4. The first-order valence-corrected chi connectivity index (χ1v) is 8.51. The van der Waals surface area contributed by atoms with Gasteiger partial charge in [0.2, 0.25) is 5.91 Å². The van der Waals surface area contributed by atoms with Gasteiger partial charge in [-0.1, -0.05) is 12.1 Å². The summed E-state index contributed by atoms with van der Waals surface area (Å²) in [6.45, 7) is 4.76. The van der Waals surface area contributed by atoms with Crippen LogP contribution in [0.15, 0.2) is 47.1 Å². The first kappa shape index (κ1) is 17.9. The third-order valence-corrected chi connectivity index (χ3v) is 4.30. The zero-order chi connectivity index (χ0) is 18.5. The van der Waals surface area contributed by atoms with Gasteiger partial charge in [-0.2, -0.15) is 5.10 Å². The average molecular weight is 353 g/mol. The number of nitrogens with zero attached hydrogens (tertiary/aromatic N) is 2. The summed E-state index contributed by atoms with van der Waals surface area (Å²) in [6.07, 6.45) is 1.94. The number of hydrogen-bond donors (Lipinski definition) is 1. The molecule has 0 saturated carbocycles. The minimum Gasteiger partial charge on any atom is -0.467 e. The number of ether oxygens (including phenoxy) is 1. The fraction of sp³-hybridized carbons (Fsp3) is 0.300. The van der Waals surface area contributed by atoms with Gasteiger partial charge in [-0.25, -0.2) is 0 Å². The number of rotatable bonds is 7. The summed E-state index contributed by atoms with van der Waals surface area (Å²) >= 11 is 0. The van der Waals surface area contributed by atoms with Crippen LogP contribution in [0.3, 0.4) is 0 Å². The smallest absolute Gasteiger partial charge is 0.228 e. The fourth-order valence-corrected chi connectivity index (χ4v) is 2.84. The van der Waals surface area contributed by atoms with Crippen LogP contribution < -0.4 is 5.32 Å². The van der Waals surface area contributed by atoms with E-state index in [0.29, 0.717) is 19.6 Å². The van der Waals surface area contributed by atoms with Gasteiger partial charge in [0.1, 0.15) is 12.4 Å². The van der Waals surface area contributed by atoms with E-state index in [4.69, 9.17) is 9.15 Å². The second kappa shape index (κ2) is 8.01. The number of nitrogens with one attached hydrogen (secondary N) is 1. The molecule has 0 aliphatic rings. The molecule has 0 bridgehead atoms. The molecule has 1 aromatic carbocycles. The summed E-state index contributed by atoms with van der Waals surface area (Å²) in [6, 6.07) is 11.4. The molecular weight excluding hydrogens is 330 g/mol. The van der Waals surface area contributed by atoms with Crippen molar-refractivity contribution in [3.05, 3.63) is 70.9 Å². The Kier molecular flexibility index (Phi) is 5.53. The second-order valence-electron chi connectivity index (χ2n) is 6.27. The number of furan rings is 1. The molecule has 0 atom stereocenters. The van der Waals surface area contributed by atoms with E-state index >= 15 is 0 Å². The summed E-state index contributed by atoms with van der Waals surface area (Å²) < 4.78 is 12.7. The van der Waals surface area contributed by atoms with E-state index in [1.165, 1.54) is 0 Å². The lowest BCUT2D eigenvalue weighted by Crippen LogP contribution is -2.15. The van der Waals surface area contributed by atoms with Crippen molar-refractivity contribution >= 4 is 11.6 Å². The van der Waals surface area contributed by atoms with Gasteiger partial charge >= 0.3 is 0 Å². The van der Waals surface area contributed by atoms with Gasteiger partial charge in [0.05, 0.1) is 25.0 Å². The van der Waals surface area contributed by atoms with Crippen LogP contribution in [0.1, 0.15) is 28.3 Å². The van der Waals surface area contributed by atoms with Crippen molar-refractivity contribution in [2.24, 2.45) is 7.05 Å². The lowest BCUT2D eigenvalue weighted by atomic mass is 10.1. The Morgan fingerprint density at radius 1 is 1.23 bits per heavy atom. The Morgan fingerprint density at radius 3 is 2.77 bits per heavy atom. The Labute approximate surface area is 152 Å². The van der Waals surface area contributed by atoms with Crippen LogP contribution in [0.2, 0.25) is 0 Å². The van der Waals surface area contributed by atoms with Crippen molar-refractivity contribution < 1.29 is 13.9 Å². The summed E-state index contributed by atoms with van der Waals surface area (Å²) in [5.74, 6) is 0.731. The van der Waals surface area contributed by atoms with E-state index in [0.717, 1.165) is 34.0 Å². The first-order chi connectivity index (χ1) is 12.5. The van der Waals surface area contributed by atoms with Gasteiger partial charge in [0, 0.05) is 24.0 Å². The van der Waals surface area contributed by atoms with Gasteiger partial charge in [0.15, 0.2) is 0 Å². The van der Waals surface area contributed by atoms with Gasteiger partial charge in [-0.15, -0.1) is 0 Å². The van der Waals surface area contributed by atoms with Crippen molar-refractivity contribution in [2.75, 3.05) is 5.32 Å². The van der Waals surface area contributed by atoms with Gasteiger partial charge < -0.3 is 14.5 Å². The Hall–Kier alpha value is -2.86. The normalized spacial score (nSPS) is 10.9. The zero-order valence-corrected chi connectivity index (χ0v) is 15.3. The Morgan fingerprint density at radius 2 is 2.08 bits per heavy atom. The number of benzene rings is 1. The third kappa shape index (κ3) is 4.40. The largest absolute Gasteiger partial charge is 0.467 e. The van der Waals surface area contributed by atoms with Crippen molar-refractivity contribution in [2.45, 2.75) is 33.5 Å². The minimum absolute atomic E-state index is 0.0575. The van der Waals surface area contributed by atoms with E-state index in [-0.39, 0.29) is 5.91 Å². The molecule has 0 aliphatic carbocycles. The molecule has 0 radical (unpaired) electrons. The number of aryl methyl sites for hydroxylation is 2. The molecule has 2 heterocycles. The van der Waals surface area contributed by atoms with Gasteiger partial charge in [0.25, 0.3) is 0 Å². The standard InChI is InChI=1S/C20H23N3O3/c1-14-19(15(2)23(3)22-14)11-20(24)21-17-7-4-6-16(10-17)12-25-13-18-8-5-9-26-18/h4-10H,11-13H2,1-3H3,(H,21,24). The van der Waals surface area contributed by atoms with Crippen molar-refractivity contribution in [1.29, 1.82) is 0 Å². The topological polar surface area (TPSA) is 69.3 Å². The number of aromatic nitrogens is 2. The molecule has 3 aromatic rings. The monoisotopic (exact) mass is 353 g/mol. The van der Waals surface area contributed by atoms with E-state index in [9.17, 15) is 4.79 Å². The highest BCUT2D eigenvalue weighted by molar-refractivity contribution is 5.92. The maximum absolute atomic E-state index is 12.4. The molecule has 136 valence electrons. The highest BCUT2D eigenvalue weighted by Crippen LogP contribution is 2.16. The molecule has 0 unspecified atom stereocenters. The summed E-state index contributed by atoms with van der Waals surface area (Å²) in [7, 11) is 1.88. The predicted molar refractivity (Wildman–Crippen MR) is 98.7 cm³/mol.